The van der Waals surface area contributed by atoms with Gasteiger partial charge in [-0.15, -0.1) is 11.3 Å². The fourth-order valence-electron chi connectivity index (χ4n) is 2.90. The molecule has 0 spiro atoms. The van der Waals surface area contributed by atoms with Crippen molar-refractivity contribution in [3.63, 3.8) is 0 Å². The van der Waals surface area contributed by atoms with Crippen molar-refractivity contribution in [2.75, 3.05) is 38.0 Å². The minimum absolute atomic E-state index is 0.836. The molecule has 0 unspecified atom stereocenters. The summed E-state index contributed by atoms with van der Waals surface area (Å²) in [6, 6.07) is 8.97. The van der Waals surface area contributed by atoms with Gasteiger partial charge in [0.2, 0.25) is 0 Å². The Labute approximate surface area is 143 Å². The molecule has 2 heterocycles. The van der Waals surface area contributed by atoms with E-state index in [1.54, 1.807) is 11.3 Å². The molecule has 1 fully saturated rings. The number of nitrogens with one attached hydrogen (secondary N) is 1. The lowest BCUT2D eigenvalue weighted by atomic mass is 10.1. The molecule has 1 N–H and O–H groups in total. The number of nitrogens with zero attached hydrogens (tertiary/aromatic N) is 3. The third-order valence-electron chi connectivity index (χ3n) is 4.41. The number of likely N-dealkylation sites (N-methyl/N-ethyl adjacent to an activating group) is 1. The van der Waals surface area contributed by atoms with Gasteiger partial charge in [0.25, 0.3) is 0 Å². The zero-order valence-corrected chi connectivity index (χ0v) is 14.9. The van der Waals surface area contributed by atoms with Crippen LogP contribution in [0, 0.1) is 6.92 Å². The molecule has 23 heavy (non-hydrogen) atoms. The molecular formula is C18H26N4S. The fourth-order valence-corrected chi connectivity index (χ4v) is 3.56. The summed E-state index contributed by atoms with van der Waals surface area (Å²) in [5.74, 6) is 0. The summed E-state index contributed by atoms with van der Waals surface area (Å²) in [7, 11) is 0. The highest BCUT2D eigenvalue weighted by Gasteiger charge is 2.15. The first-order chi connectivity index (χ1) is 11.2. The molecule has 0 amide bonds. The summed E-state index contributed by atoms with van der Waals surface area (Å²) >= 11 is 1.70. The molecule has 1 aliphatic heterocycles. The van der Waals surface area contributed by atoms with Crippen molar-refractivity contribution in [2.24, 2.45) is 0 Å². The quantitative estimate of drug-likeness (QED) is 0.881. The van der Waals surface area contributed by atoms with E-state index in [0.717, 1.165) is 18.2 Å². The number of piperazine rings is 1. The highest BCUT2D eigenvalue weighted by Crippen LogP contribution is 2.17. The summed E-state index contributed by atoms with van der Waals surface area (Å²) in [4.78, 5) is 10.7. The summed E-state index contributed by atoms with van der Waals surface area (Å²) in [5, 5.41) is 4.39. The Balaban J connectivity index is 1.47. The molecule has 0 saturated carbocycles. The standard InChI is InChI=1S/C18H26N4S/c1-3-21-8-10-22(11-9-21)14-17-6-4-16(5-7-17)13-20-18-19-12-15(2)23-18/h4-7,12H,3,8-11,13-14H2,1-2H3,(H,19,20). The minimum Gasteiger partial charge on any atom is -0.357 e. The fraction of sp³-hybridized carbons (Fsp3) is 0.500. The van der Waals surface area contributed by atoms with Crippen molar-refractivity contribution < 1.29 is 0 Å². The Kier molecular flexibility index (Phi) is 5.65. The summed E-state index contributed by atoms with van der Waals surface area (Å²) in [6.07, 6.45) is 1.91. The lowest BCUT2D eigenvalue weighted by Gasteiger charge is -2.34. The largest absolute Gasteiger partial charge is 0.357 e. The third-order valence-corrected chi connectivity index (χ3v) is 5.28. The number of benzene rings is 1. The molecule has 0 radical (unpaired) electrons. The van der Waals surface area contributed by atoms with Crippen LogP contribution in [0.5, 0.6) is 0 Å². The predicted molar refractivity (Wildman–Crippen MR) is 98.0 cm³/mol. The molecule has 3 rings (SSSR count). The van der Waals surface area contributed by atoms with Crippen LogP contribution in [0.1, 0.15) is 22.9 Å². The first kappa shape index (κ1) is 16.4. The number of hydrogen-bond donors (Lipinski definition) is 1. The second-order valence-electron chi connectivity index (χ2n) is 6.16. The van der Waals surface area contributed by atoms with Crippen LogP contribution in [0.15, 0.2) is 30.5 Å². The van der Waals surface area contributed by atoms with Crippen LogP contribution in [0.4, 0.5) is 5.13 Å². The smallest absolute Gasteiger partial charge is 0.183 e. The topological polar surface area (TPSA) is 31.4 Å². The molecule has 5 heteroatoms. The Bertz CT molecular complexity index is 600. The third kappa shape index (κ3) is 4.77. The second-order valence-corrected chi connectivity index (χ2v) is 7.39. The lowest BCUT2D eigenvalue weighted by molar-refractivity contribution is 0.132. The Hall–Kier alpha value is -1.43. The van der Waals surface area contributed by atoms with Crippen molar-refractivity contribution in [2.45, 2.75) is 26.9 Å². The number of hydrogen-bond acceptors (Lipinski definition) is 5. The van der Waals surface area contributed by atoms with Crippen molar-refractivity contribution in [3.05, 3.63) is 46.5 Å². The van der Waals surface area contributed by atoms with Crippen LogP contribution in [0.3, 0.4) is 0 Å². The van der Waals surface area contributed by atoms with Crippen molar-refractivity contribution in [1.29, 1.82) is 0 Å². The van der Waals surface area contributed by atoms with Gasteiger partial charge in [-0.1, -0.05) is 31.2 Å². The molecular weight excluding hydrogens is 304 g/mol. The van der Waals surface area contributed by atoms with E-state index in [0.29, 0.717) is 0 Å². The van der Waals surface area contributed by atoms with E-state index < -0.39 is 0 Å². The SMILES string of the molecule is CCN1CCN(Cc2ccc(CNc3ncc(C)s3)cc2)CC1. The highest BCUT2D eigenvalue weighted by molar-refractivity contribution is 7.15. The number of rotatable bonds is 6. The van der Waals surface area contributed by atoms with Crippen molar-refractivity contribution in [3.8, 4) is 0 Å². The normalized spacial score (nSPS) is 16.6. The Morgan fingerprint density at radius 3 is 2.30 bits per heavy atom. The zero-order valence-electron chi connectivity index (χ0n) is 14.1. The van der Waals surface area contributed by atoms with Gasteiger partial charge in [-0.2, -0.15) is 0 Å². The molecule has 0 atom stereocenters. The average Bonchev–Trinajstić information content (AvgIpc) is 3.00. The van der Waals surface area contributed by atoms with Crippen molar-refractivity contribution >= 4 is 16.5 Å². The van der Waals surface area contributed by atoms with E-state index in [9.17, 15) is 0 Å². The number of thiazole rings is 1. The molecule has 124 valence electrons. The Morgan fingerprint density at radius 1 is 1.04 bits per heavy atom. The maximum atomic E-state index is 4.34. The maximum absolute atomic E-state index is 4.34. The number of aryl methyl sites for hydroxylation is 1. The second kappa shape index (κ2) is 7.90. The van der Waals surface area contributed by atoms with Gasteiger partial charge in [-0.25, -0.2) is 4.98 Å². The highest BCUT2D eigenvalue weighted by atomic mass is 32.1. The average molecular weight is 331 g/mol. The van der Waals surface area contributed by atoms with E-state index in [1.807, 2.05) is 6.20 Å². The number of anilines is 1. The first-order valence-electron chi connectivity index (χ1n) is 8.42. The van der Waals surface area contributed by atoms with Crippen LogP contribution in [0.2, 0.25) is 0 Å². The summed E-state index contributed by atoms with van der Waals surface area (Å²) in [5.41, 5.74) is 2.71. The predicted octanol–water partition coefficient (Wildman–Crippen LogP) is 3.20. The summed E-state index contributed by atoms with van der Waals surface area (Å²) < 4.78 is 0. The monoisotopic (exact) mass is 330 g/mol. The number of aromatic nitrogens is 1. The van der Waals surface area contributed by atoms with Gasteiger partial charge < -0.3 is 10.2 Å². The van der Waals surface area contributed by atoms with Crippen LogP contribution in [-0.2, 0) is 13.1 Å². The molecule has 1 aromatic heterocycles. The lowest BCUT2D eigenvalue weighted by Crippen LogP contribution is -2.45. The van der Waals surface area contributed by atoms with Crippen LogP contribution >= 0.6 is 11.3 Å². The van der Waals surface area contributed by atoms with E-state index in [-0.39, 0.29) is 0 Å². The van der Waals surface area contributed by atoms with E-state index in [1.165, 1.54) is 48.7 Å². The van der Waals surface area contributed by atoms with E-state index >= 15 is 0 Å². The van der Waals surface area contributed by atoms with Gasteiger partial charge in [0.1, 0.15) is 0 Å². The van der Waals surface area contributed by atoms with Crippen LogP contribution in [0.25, 0.3) is 0 Å². The van der Waals surface area contributed by atoms with Gasteiger partial charge in [0.05, 0.1) is 0 Å². The molecule has 1 aromatic carbocycles. The first-order valence-corrected chi connectivity index (χ1v) is 9.23. The van der Waals surface area contributed by atoms with E-state index in [2.05, 4.69) is 58.2 Å². The minimum atomic E-state index is 0.836. The van der Waals surface area contributed by atoms with Gasteiger partial charge in [-0.3, -0.25) is 4.90 Å². The molecule has 1 aliphatic rings. The molecule has 0 bridgehead atoms. The maximum Gasteiger partial charge on any atom is 0.183 e. The van der Waals surface area contributed by atoms with Crippen molar-refractivity contribution in [1.82, 2.24) is 14.8 Å². The molecule has 0 aliphatic carbocycles. The van der Waals surface area contributed by atoms with Gasteiger partial charge in [0, 0.05) is 50.3 Å². The molecule has 1 saturated heterocycles. The summed E-state index contributed by atoms with van der Waals surface area (Å²) in [6.45, 7) is 12.2. The van der Waals surface area contributed by atoms with Crippen LogP contribution < -0.4 is 5.32 Å². The van der Waals surface area contributed by atoms with Gasteiger partial charge >= 0.3 is 0 Å². The van der Waals surface area contributed by atoms with Crippen LogP contribution in [-0.4, -0.2) is 47.5 Å². The van der Waals surface area contributed by atoms with E-state index in [4.69, 9.17) is 0 Å². The zero-order chi connectivity index (χ0) is 16.1. The molecule has 4 nitrogen and oxygen atoms in total. The molecule has 2 aromatic rings. The van der Waals surface area contributed by atoms with Gasteiger partial charge in [0.15, 0.2) is 5.13 Å². The Morgan fingerprint density at radius 2 is 1.70 bits per heavy atom. The van der Waals surface area contributed by atoms with Gasteiger partial charge in [-0.05, 0) is 24.6 Å².